The van der Waals surface area contributed by atoms with Crippen molar-refractivity contribution in [2.75, 3.05) is 7.11 Å². The van der Waals surface area contributed by atoms with Gasteiger partial charge in [0.1, 0.15) is 11.8 Å². The first-order valence-corrected chi connectivity index (χ1v) is 11.7. The van der Waals surface area contributed by atoms with E-state index in [-0.39, 0.29) is 17.9 Å². The van der Waals surface area contributed by atoms with Crippen LogP contribution < -0.4 is 15.4 Å². The van der Waals surface area contributed by atoms with Gasteiger partial charge in [0.05, 0.1) is 25.9 Å². The molecular formula is C26H32N4O3. The Balaban J connectivity index is 1.47. The lowest BCUT2D eigenvalue weighted by Gasteiger charge is -2.27. The predicted molar refractivity (Wildman–Crippen MR) is 128 cm³/mol. The van der Waals surface area contributed by atoms with Crippen LogP contribution in [0.4, 0.5) is 0 Å². The van der Waals surface area contributed by atoms with Gasteiger partial charge >= 0.3 is 0 Å². The van der Waals surface area contributed by atoms with Crippen LogP contribution in [0.3, 0.4) is 0 Å². The molecule has 1 aliphatic rings. The van der Waals surface area contributed by atoms with Crippen LogP contribution in [-0.4, -0.2) is 40.6 Å². The second-order valence-electron chi connectivity index (χ2n) is 8.86. The van der Waals surface area contributed by atoms with Gasteiger partial charge in [0, 0.05) is 18.4 Å². The van der Waals surface area contributed by atoms with Gasteiger partial charge in [-0.05, 0) is 48.2 Å². The summed E-state index contributed by atoms with van der Waals surface area (Å²) in [6, 6.07) is 11.4. The van der Waals surface area contributed by atoms with Crippen molar-refractivity contribution >= 4 is 22.6 Å². The van der Waals surface area contributed by atoms with E-state index in [1.165, 1.54) is 6.42 Å². The number of fused-ring (bicyclic) bond motifs is 1. The fraction of sp³-hybridized carbons (Fsp3) is 0.423. The van der Waals surface area contributed by atoms with Gasteiger partial charge in [-0.25, -0.2) is 4.98 Å². The Labute approximate surface area is 194 Å². The molecule has 1 saturated carbocycles. The van der Waals surface area contributed by atoms with Crippen molar-refractivity contribution < 1.29 is 14.3 Å². The van der Waals surface area contributed by atoms with Crippen LogP contribution in [0, 0.1) is 0 Å². The number of aromatic nitrogens is 2. The van der Waals surface area contributed by atoms with Crippen molar-refractivity contribution in [1.29, 1.82) is 0 Å². The minimum atomic E-state index is -0.666. The SMILES string of the molecule is COc1ccc2cc([C@H](C)C(=O)N[C@H](Cn3ccnc3)C(=O)NC3CCCCC3)ccc2c1. The molecule has 7 nitrogen and oxygen atoms in total. The van der Waals surface area contributed by atoms with Crippen LogP contribution in [0.5, 0.6) is 5.75 Å². The Bertz CT molecular complexity index is 1090. The lowest BCUT2D eigenvalue weighted by Crippen LogP contribution is -2.52. The highest BCUT2D eigenvalue weighted by Crippen LogP contribution is 2.25. The highest BCUT2D eigenvalue weighted by molar-refractivity contribution is 5.92. The number of hydrogen-bond acceptors (Lipinski definition) is 4. The molecular weight excluding hydrogens is 416 g/mol. The maximum atomic E-state index is 13.2. The molecule has 0 bridgehead atoms. The van der Waals surface area contributed by atoms with Crippen LogP contribution in [0.15, 0.2) is 55.1 Å². The second-order valence-corrected chi connectivity index (χ2v) is 8.86. The summed E-state index contributed by atoms with van der Waals surface area (Å²) in [6.07, 6.45) is 10.6. The molecule has 4 rings (SSSR count). The molecule has 2 atom stereocenters. The third-order valence-electron chi connectivity index (χ3n) is 6.50. The molecule has 174 valence electrons. The number of carbonyl (C=O) groups excluding carboxylic acids is 2. The summed E-state index contributed by atoms with van der Waals surface area (Å²) in [5.41, 5.74) is 0.902. The van der Waals surface area contributed by atoms with Gasteiger partial charge in [-0.2, -0.15) is 0 Å². The Morgan fingerprint density at radius 3 is 2.58 bits per heavy atom. The largest absolute Gasteiger partial charge is 0.497 e. The lowest BCUT2D eigenvalue weighted by atomic mass is 9.95. The minimum Gasteiger partial charge on any atom is -0.497 e. The summed E-state index contributed by atoms with van der Waals surface area (Å²) in [4.78, 5) is 30.3. The first-order chi connectivity index (χ1) is 16.0. The van der Waals surface area contributed by atoms with E-state index in [2.05, 4.69) is 15.6 Å². The number of nitrogens with zero attached hydrogens (tertiary/aromatic N) is 2. The molecule has 0 spiro atoms. The number of nitrogens with one attached hydrogen (secondary N) is 2. The zero-order valence-corrected chi connectivity index (χ0v) is 19.3. The number of hydrogen-bond donors (Lipinski definition) is 2. The van der Waals surface area contributed by atoms with Gasteiger partial charge in [0.15, 0.2) is 0 Å². The van der Waals surface area contributed by atoms with E-state index in [0.29, 0.717) is 6.54 Å². The molecule has 1 aromatic heterocycles. The molecule has 0 saturated heterocycles. The molecule has 3 aromatic rings. The summed E-state index contributed by atoms with van der Waals surface area (Å²) >= 11 is 0. The third-order valence-corrected chi connectivity index (χ3v) is 6.50. The molecule has 1 aliphatic carbocycles. The summed E-state index contributed by atoms with van der Waals surface area (Å²) in [5, 5.41) is 8.23. The summed E-state index contributed by atoms with van der Waals surface area (Å²) < 4.78 is 7.11. The number of benzene rings is 2. The Morgan fingerprint density at radius 1 is 1.09 bits per heavy atom. The van der Waals surface area contributed by atoms with Crippen molar-refractivity contribution in [1.82, 2.24) is 20.2 Å². The normalized spacial score (nSPS) is 16.2. The summed E-state index contributed by atoms with van der Waals surface area (Å²) in [7, 11) is 1.65. The van der Waals surface area contributed by atoms with Crippen LogP contribution in [0.2, 0.25) is 0 Å². The summed E-state index contributed by atoms with van der Waals surface area (Å²) in [6.45, 7) is 2.21. The number of amides is 2. The van der Waals surface area contributed by atoms with Crippen LogP contribution in [-0.2, 0) is 16.1 Å². The zero-order chi connectivity index (χ0) is 23.2. The van der Waals surface area contributed by atoms with E-state index < -0.39 is 12.0 Å². The van der Waals surface area contributed by atoms with Crippen molar-refractivity contribution in [2.45, 2.75) is 63.6 Å². The topological polar surface area (TPSA) is 85.2 Å². The van der Waals surface area contributed by atoms with Gasteiger partial charge in [-0.1, -0.05) is 43.5 Å². The zero-order valence-electron chi connectivity index (χ0n) is 19.3. The number of imidazole rings is 1. The molecule has 0 aliphatic heterocycles. The first kappa shape index (κ1) is 22.8. The van der Waals surface area contributed by atoms with Crippen LogP contribution in [0.25, 0.3) is 10.8 Å². The second kappa shape index (κ2) is 10.5. The molecule has 2 amide bonds. The molecule has 0 unspecified atom stereocenters. The van der Waals surface area contributed by atoms with Crippen molar-refractivity contribution in [2.24, 2.45) is 0 Å². The average Bonchev–Trinajstić information content (AvgIpc) is 3.36. The molecule has 2 N–H and O–H groups in total. The number of methoxy groups -OCH3 is 1. The predicted octanol–water partition coefficient (Wildman–Crippen LogP) is 3.78. The minimum absolute atomic E-state index is 0.137. The molecule has 33 heavy (non-hydrogen) atoms. The molecule has 7 heteroatoms. The molecule has 1 heterocycles. The lowest BCUT2D eigenvalue weighted by molar-refractivity contribution is -0.130. The van der Waals surface area contributed by atoms with Crippen LogP contribution >= 0.6 is 0 Å². The maximum Gasteiger partial charge on any atom is 0.244 e. The third kappa shape index (κ3) is 5.72. The van der Waals surface area contributed by atoms with E-state index >= 15 is 0 Å². The average molecular weight is 449 g/mol. The molecule has 0 radical (unpaired) electrons. The highest BCUT2D eigenvalue weighted by Gasteiger charge is 2.27. The quantitative estimate of drug-likeness (QED) is 0.549. The van der Waals surface area contributed by atoms with E-state index in [9.17, 15) is 9.59 Å². The van der Waals surface area contributed by atoms with E-state index in [0.717, 1.165) is 47.8 Å². The van der Waals surface area contributed by atoms with Gasteiger partial charge in [0.2, 0.25) is 11.8 Å². The monoisotopic (exact) mass is 448 g/mol. The van der Waals surface area contributed by atoms with Crippen molar-refractivity contribution in [3.63, 3.8) is 0 Å². The van der Waals surface area contributed by atoms with Crippen molar-refractivity contribution in [3.05, 3.63) is 60.7 Å². The Kier molecular flexibility index (Phi) is 7.27. The smallest absolute Gasteiger partial charge is 0.244 e. The number of carbonyl (C=O) groups is 2. The Morgan fingerprint density at radius 2 is 1.85 bits per heavy atom. The van der Waals surface area contributed by atoms with E-state index in [4.69, 9.17) is 4.74 Å². The number of rotatable bonds is 8. The van der Waals surface area contributed by atoms with Gasteiger partial charge < -0.3 is 19.9 Å². The van der Waals surface area contributed by atoms with Gasteiger partial charge in [0.25, 0.3) is 0 Å². The fourth-order valence-corrected chi connectivity index (χ4v) is 4.44. The maximum absolute atomic E-state index is 13.2. The standard InChI is InChI=1S/C26H32N4O3/c1-18(19-8-9-21-15-23(33-2)11-10-20(21)14-19)25(31)29-24(16-30-13-12-27-17-30)26(32)28-22-6-4-3-5-7-22/h8-15,17-18,22,24H,3-7,16H2,1-2H3,(H,28,32)(H,29,31)/t18-,24+/m0/s1. The van der Waals surface area contributed by atoms with Gasteiger partial charge in [-0.3, -0.25) is 9.59 Å². The van der Waals surface area contributed by atoms with Crippen molar-refractivity contribution in [3.8, 4) is 5.75 Å². The highest BCUT2D eigenvalue weighted by atomic mass is 16.5. The number of ether oxygens (including phenoxy) is 1. The fourth-order valence-electron chi connectivity index (χ4n) is 4.44. The molecule has 1 fully saturated rings. The summed E-state index contributed by atoms with van der Waals surface area (Å²) in [5.74, 6) is 0.0881. The van der Waals surface area contributed by atoms with Gasteiger partial charge in [-0.15, -0.1) is 0 Å². The Hall–Kier alpha value is -3.35. The van der Waals surface area contributed by atoms with E-state index in [1.807, 2.05) is 47.9 Å². The molecule has 2 aromatic carbocycles. The van der Waals surface area contributed by atoms with E-state index in [1.54, 1.807) is 25.8 Å². The van der Waals surface area contributed by atoms with Crippen LogP contribution in [0.1, 0.15) is 50.5 Å². The first-order valence-electron chi connectivity index (χ1n) is 11.7.